The van der Waals surface area contributed by atoms with Crippen molar-refractivity contribution in [3.63, 3.8) is 0 Å². The van der Waals surface area contributed by atoms with Crippen molar-refractivity contribution in [1.29, 1.82) is 0 Å². The van der Waals surface area contributed by atoms with Crippen LogP contribution >= 0.6 is 11.6 Å². The molecule has 3 aromatic carbocycles. The molecule has 0 saturated heterocycles. The predicted octanol–water partition coefficient (Wildman–Crippen LogP) is 5.31. The van der Waals surface area contributed by atoms with E-state index in [1.807, 2.05) is 31.2 Å². The minimum absolute atomic E-state index is 0.255. The molecule has 0 aliphatic heterocycles. The SMILES string of the molecule is Cc1cccc(NC(=O)c2cccc(NC(=O)[C@@H](C)Oc3cccc(Cl)c3)c2)c1. The quantitative estimate of drug-likeness (QED) is 0.581. The number of halogens is 1. The van der Waals surface area contributed by atoms with Gasteiger partial charge in [-0.2, -0.15) is 0 Å². The molecule has 3 aromatic rings. The first kappa shape index (κ1) is 20.4. The van der Waals surface area contributed by atoms with E-state index in [0.29, 0.717) is 27.7 Å². The zero-order chi connectivity index (χ0) is 20.8. The Morgan fingerprint density at radius 3 is 2.31 bits per heavy atom. The summed E-state index contributed by atoms with van der Waals surface area (Å²) >= 11 is 5.93. The molecule has 0 aliphatic carbocycles. The summed E-state index contributed by atoms with van der Waals surface area (Å²) in [6.45, 7) is 3.60. The van der Waals surface area contributed by atoms with Crippen LogP contribution in [0.25, 0.3) is 0 Å². The van der Waals surface area contributed by atoms with Crippen LogP contribution < -0.4 is 15.4 Å². The van der Waals surface area contributed by atoms with Crippen LogP contribution in [0, 0.1) is 6.92 Å². The van der Waals surface area contributed by atoms with E-state index in [0.717, 1.165) is 5.56 Å². The number of anilines is 2. The van der Waals surface area contributed by atoms with Crippen LogP contribution in [0.5, 0.6) is 5.75 Å². The first-order valence-electron chi connectivity index (χ1n) is 9.12. The van der Waals surface area contributed by atoms with E-state index in [9.17, 15) is 9.59 Å². The molecular weight excluding hydrogens is 388 g/mol. The number of nitrogens with one attached hydrogen (secondary N) is 2. The van der Waals surface area contributed by atoms with E-state index in [1.165, 1.54) is 0 Å². The molecule has 0 aromatic heterocycles. The summed E-state index contributed by atoms with van der Waals surface area (Å²) in [5.74, 6) is -0.0809. The molecular formula is C23H21ClN2O3. The third-order valence-corrected chi connectivity index (χ3v) is 4.38. The Kier molecular flexibility index (Phi) is 6.52. The average molecular weight is 409 g/mol. The van der Waals surface area contributed by atoms with Gasteiger partial charge in [0.05, 0.1) is 0 Å². The van der Waals surface area contributed by atoms with E-state index in [4.69, 9.17) is 16.3 Å². The number of hydrogen-bond acceptors (Lipinski definition) is 3. The normalized spacial score (nSPS) is 11.4. The van der Waals surface area contributed by atoms with E-state index >= 15 is 0 Å². The van der Waals surface area contributed by atoms with E-state index in [2.05, 4.69) is 10.6 Å². The summed E-state index contributed by atoms with van der Waals surface area (Å²) in [6.07, 6.45) is -0.738. The summed E-state index contributed by atoms with van der Waals surface area (Å²) in [5, 5.41) is 6.15. The molecule has 0 radical (unpaired) electrons. The van der Waals surface area contributed by atoms with Gasteiger partial charge in [-0.05, 0) is 67.9 Å². The topological polar surface area (TPSA) is 67.4 Å². The molecule has 0 saturated carbocycles. The van der Waals surface area contributed by atoms with Crippen molar-refractivity contribution in [2.75, 3.05) is 10.6 Å². The summed E-state index contributed by atoms with van der Waals surface area (Å²) in [4.78, 5) is 25.0. The molecule has 6 heteroatoms. The van der Waals surface area contributed by atoms with Crippen LogP contribution in [0.4, 0.5) is 11.4 Å². The van der Waals surface area contributed by atoms with Gasteiger partial charge < -0.3 is 15.4 Å². The average Bonchev–Trinajstić information content (AvgIpc) is 2.68. The highest BCUT2D eigenvalue weighted by atomic mass is 35.5. The van der Waals surface area contributed by atoms with Crippen LogP contribution in [0.15, 0.2) is 72.8 Å². The van der Waals surface area contributed by atoms with Crippen molar-refractivity contribution in [1.82, 2.24) is 0 Å². The maximum absolute atomic E-state index is 12.5. The van der Waals surface area contributed by atoms with Gasteiger partial charge >= 0.3 is 0 Å². The zero-order valence-electron chi connectivity index (χ0n) is 16.1. The van der Waals surface area contributed by atoms with Crippen LogP contribution in [-0.4, -0.2) is 17.9 Å². The number of benzene rings is 3. The van der Waals surface area contributed by atoms with Crippen LogP contribution in [0.2, 0.25) is 5.02 Å². The minimum Gasteiger partial charge on any atom is -0.481 e. The van der Waals surface area contributed by atoms with Crippen LogP contribution in [0.1, 0.15) is 22.8 Å². The number of carbonyl (C=O) groups excluding carboxylic acids is 2. The number of ether oxygens (including phenoxy) is 1. The lowest BCUT2D eigenvalue weighted by atomic mass is 10.1. The van der Waals surface area contributed by atoms with Gasteiger partial charge in [0.1, 0.15) is 5.75 Å². The largest absolute Gasteiger partial charge is 0.481 e. The molecule has 0 unspecified atom stereocenters. The summed E-state index contributed by atoms with van der Waals surface area (Å²) in [7, 11) is 0. The standard InChI is InChI=1S/C23H21ClN2O3/c1-15-6-3-9-19(12-15)26-23(28)17-7-4-10-20(13-17)25-22(27)16(2)29-21-11-5-8-18(24)14-21/h3-14,16H,1-2H3,(H,25,27)(H,26,28)/t16-/m1/s1. The lowest BCUT2D eigenvalue weighted by Gasteiger charge is -2.15. The zero-order valence-corrected chi connectivity index (χ0v) is 16.9. The van der Waals surface area contributed by atoms with Gasteiger partial charge in [0.2, 0.25) is 0 Å². The Labute approximate surface area is 174 Å². The fraction of sp³-hybridized carbons (Fsp3) is 0.130. The molecule has 148 valence electrons. The fourth-order valence-electron chi connectivity index (χ4n) is 2.71. The highest BCUT2D eigenvalue weighted by molar-refractivity contribution is 6.30. The molecule has 2 N–H and O–H groups in total. The summed E-state index contributed by atoms with van der Waals surface area (Å²) in [6, 6.07) is 21.1. The monoisotopic (exact) mass is 408 g/mol. The van der Waals surface area contributed by atoms with Gasteiger partial charge in [0.25, 0.3) is 11.8 Å². The van der Waals surface area contributed by atoms with Gasteiger partial charge in [-0.25, -0.2) is 0 Å². The maximum atomic E-state index is 12.5. The van der Waals surface area contributed by atoms with Crippen molar-refractivity contribution < 1.29 is 14.3 Å². The van der Waals surface area contributed by atoms with E-state index < -0.39 is 6.10 Å². The highest BCUT2D eigenvalue weighted by Gasteiger charge is 2.16. The lowest BCUT2D eigenvalue weighted by Crippen LogP contribution is -2.30. The molecule has 0 spiro atoms. The first-order valence-corrected chi connectivity index (χ1v) is 9.50. The minimum atomic E-state index is -0.738. The second kappa shape index (κ2) is 9.26. The molecule has 3 rings (SSSR count). The number of carbonyl (C=O) groups is 2. The molecule has 2 amide bonds. The van der Waals surface area contributed by atoms with Gasteiger partial charge in [0, 0.05) is 22.0 Å². The molecule has 0 bridgehead atoms. The Hall–Kier alpha value is -3.31. The predicted molar refractivity (Wildman–Crippen MR) is 116 cm³/mol. The summed E-state index contributed by atoms with van der Waals surface area (Å²) < 4.78 is 5.62. The van der Waals surface area contributed by atoms with Crippen molar-refractivity contribution >= 4 is 34.8 Å². The molecule has 1 atom stereocenters. The molecule has 0 aliphatic rings. The molecule has 5 nitrogen and oxygen atoms in total. The lowest BCUT2D eigenvalue weighted by molar-refractivity contribution is -0.122. The Morgan fingerprint density at radius 1 is 0.897 bits per heavy atom. The van der Waals surface area contributed by atoms with Crippen molar-refractivity contribution in [3.05, 3.63) is 88.9 Å². The third kappa shape index (κ3) is 5.83. The second-order valence-corrected chi connectivity index (χ2v) is 7.05. The number of rotatable bonds is 6. The second-order valence-electron chi connectivity index (χ2n) is 6.61. The Bertz CT molecular complexity index is 1040. The number of aryl methyl sites for hydroxylation is 1. The van der Waals surface area contributed by atoms with Crippen LogP contribution in [0.3, 0.4) is 0 Å². The van der Waals surface area contributed by atoms with Crippen LogP contribution in [-0.2, 0) is 4.79 Å². The summed E-state index contributed by atoms with van der Waals surface area (Å²) in [5.41, 5.74) is 2.71. The number of amides is 2. The molecule has 0 heterocycles. The Morgan fingerprint density at radius 2 is 1.59 bits per heavy atom. The number of hydrogen-bond donors (Lipinski definition) is 2. The fourth-order valence-corrected chi connectivity index (χ4v) is 2.89. The van der Waals surface area contributed by atoms with Crippen molar-refractivity contribution in [3.8, 4) is 5.75 Å². The van der Waals surface area contributed by atoms with Crippen molar-refractivity contribution in [2.45, 2.75) is 20.0 Å². The van der Waals surface area contributed by atoms with Crippen molar-refractivity contribution in [2.24, 2.45) is 0 Å². The van der Waals surface area contributed by atoms with Gasteiger partial charge in [0.15, 0.2) is 6.10 Å². The smallest absolute Gasteiger partial charge is 0.265 e. The van der Waals surface area contributed by atoms with E-state index in [-0.39, 0.29) is 11.8 Å². The van der Waals surface area contributed by atoms with Gasteiger partial charge in [-0.1, -0.05) is 35.9 Å². The third-order valence-electron chi connectivity index (χ3n) is 4.15. The van der Waals surface area contributed by atoms with Gasteiger partial charge in [-0.3, -0.25) is 9.59 Å². The molecule has 29 heavy (non-hydrogen) atoms. The first-order chi connectivity index (χ1) is 13.9. The Balaban J connectivity index is 1.64. The van der Waals surface area contributed by atoms with E-state index in [1.54, 1.807) is 55.5 Å². The highest BCUT2D eigenvalue weighted by Crippen LogP contribution is 2.19. The van der Waals surface area contributed by atoms with Gasteiger partial charge in [-0.15, -0.1) is 0 Å². The molecule has 0 fully saturated rings. The maximum Gasteiger partial charge on any atom is 0.265 e.